The first-order chi connectivity index (χ1) is 6.75. The zero-order chi connectivity index (χ0) is 9.97. The second-order valence-corrected chi connectivity index (χ2v) is 4.02. The molecule has 1 saturated carbocycles. The van der Waals surface area contributed by atoms with E-state index in [0.29, 0.717) is 5.82 Å². The van der Waals surface area contributed by atoms with Crippen molar-refractivity contribution in [2.75, 3.05) is 17.6 Å². The lowest BCUT2D eigenvalue weighted by Crippen LogP contribution is -2.13. The van der Waals surface area contributed by atoms with Crippen LogP contribution < -0.4 is 11.1 Å². The fourth-order valence-corrected chi connectivity index (χ4v) is 1.53. The van der Waals surface area contributed by atoms with Gasteiger partial charge in [-0.2, -0.15) is 0 Å². The van der Waals surface area contributed by atoms with Crippen molar-refractivity contribution in [3.05, 3.63) is 12.4 Å². The summed E-state index contributed by atoms with van der Waals surface area (Å²) in [5.41, 5.74) is 5.44. The second-order valence-electron chi connectivity index (χ2n) is 4.02. The lowest BCUT2D eigenvalue weighted by molar-refractivity contribution is 0.536. The van der Waals surface area contributed by atoms with Gasteiger partial charge in [0.2, 0.25) is 0 Å². The molecular weight excluding hydrogens is 176 g/mol. The standard InChI is InChI=1S/C10H16N4/c1-7(8-2-3-8)4-13-10-6-12-9(11)5-14-10/h5-8H,2-4H2,1H3,(H2,11,12)(H,13,14). The number of anilines is 2. The van der Waals surface area contributed by atoms with Crippen LogP contribution in [0.1, 0.15) is 19.8 Å². The van der Waals surface area contributed by atoms with Gasteiger partial charge in [-0.1, -0.05) is 6.92 Å². The maximum atomic E-state index is 5.44. The van der Waals surface area contributed by atoms with E-state index in [1.54, 1.807) is 12.4 Å². The Morgan fingerprint density at radius 1 is 1.50 bits per heavy atom. The van der Waals surface area contributed by atoms with E-state index in [9.17, 15) is 0 Å². The highest BCUT2D eigenvalue weighted by Gasteiger charge is 2.27. The van der Waals surface area contributed by atoms with Gasteiger partial charge in [-0.05, 0) is 24.7 Å². The lowest BCUT2D eigenvalue weighted by Gasteiger charge is -2.11. The molecule has 0 aliphatic heterocycles. The van der Waals surface area contributed by atoms with E-state index in [-0.39, 0.29) is 0 Å². The Morgan fingerprint density at radius 2 is 2.29 bits per heavy atom. The Balaban J connectivity index is 1.82. The summed E-state index contributed by atoms with van der Waals surface area (Å²) < 4.78 is 0. The van der Waals surface area contributed by atoms with Crippen LogP contribution in [0.3, 0.4) is 0 Å². The minimum Gasteiger partial charge on any atom is -0.382 e. The molecule has 1 heterocycles. The molecule has 1 aromatic heterocycles. The molecule has 1 aromatic rings. The molecule has 4 heteroatoms. The van der Waals surface area contributed by atoms with Crippen LogP contribution in [0.25, 0.3) is 0 Å². The molecule has 1 aliphatic rings. The predicted octanol–water partition coefficient (Wildman–Crippen LogP) is 1.52. The van der Waals surface area contributed by atoms with Crippen LogP contribution in [0.4, 0.5) is 11.6 Å². The maximum absolute atomic E-state index is 5.44. The lowest BCUT2D eigenvalue weighted by atomic mass is 10.1. The number of nitrogen functional groups attached to an aromatic ring is 1. The number of aromatic nitrogens is 2. The molecule has 1 fully saturated rings. The maximum Gasteiger partial charge on any atom is 0.144 e. The summed E-state index contributed by atoms with van der Waals surface area (Å²) in [6.07, 6.45) is 6.02. The first-order valence-electron chi connectivity index (χ1n) is 5.07. The highest BCUT2D eigenvalue weighted by molar-refractivity contribution is 5.35. The van der Waals surface area contributed by atoms with Gasteiger partial charge in [0.1, 0.15) is 11.6 Å². The molecule has 1 aliphatic carbocycles. The van der Waals surface area contributed by atoms with Crippen LogP contribution in [0.15, 0.2) is 12.4 Å². The van der Waals surface area contributed by atoms with Crippen molar-refractivity contribution in [2.45, 2.75) is 19.8 Å². The Bertz CT molecular complexity index is 291. The van der Waals surface area contributed by atoms with Gasteiger partial charge in [0, 0.05) is 6.54 Å². The number of nitrogens with one attached hydrogen (secondary N) is 1. The largest absolute Gasteiger partial charge is 0.382 e. The third-order valence-corrected chi connectivity index (χ3v) is 2.70. The van der Waals surface area contributed by atoms with Gasteiger partial charge in [-0.15, -0.1) is 0 Å². The fourth-order valence-electron chi connectivity index (χ4n) is 1.53. The van der Waals surface area contributed by atoms with Crippen molar-refractivity contribution in [1.82, 2.24) is 9.97 Å². The van der Waals surface area contributed by atoms with Crippen molar-refractivity contribution >= 4 is 11.6 Å². The van der Waals surface area contributed by atoms with Gasteiger partial charge in [0.05, 0.1) is 12.4 Å². The first-order valence-corrected chi connectivity index (χ1v) is 5.07. The first kappa shape index (κ1) is 9.24. The van der Waals surface area contributed by atoms with Gasteiger partial charge in [0.15, 0.2) is 0 Å². The van der Waals surface area contributed by atoms with Gasteiger partial charge in [-0.3, -0.25) is 0 Å². The summed E-state index contributed by atoms with van der Waals surface area (Å²) in [6, 6.07) is 0. The molecular formula is C10H16N4. The minimum atomic E-state index is 0.464. The van der Waals surface area contributed by atoms with Gasteiger partial charge in [-0.25, -0.2) is 9.97 Å². The average molecular weight is 192 g/mol. The van der Waals surface area contributed by atoms with Crippen molar-refractivity contribution in [2.24, 2.45) is 11.8 Å². The van der Waals surface area contributed by atoms with E-state index >= 15 is 0 Å². The molecule has 0 radical (unpaired) electrons. The smallest absolute Gasteiger partial charge is 0.144 e. The summed E-state index contributed by atoms with van der Waals surface area (Å²) in [6.45, 7) is 3.25. The highest BCUT2D eigenvalue weighted by atomic mass is 15.0. The summed E-state index contributed by atoms with van der Waals surface area (Å²) in [5, 5.41) is 3.26. The SMILES string of the molecule is CC(CNc1cnc(N)cn1)C1CC1. The molecule has 3 N–H and O–H groups in total. The topological polar surface area (TPSA) is 63.8 Å². The molecule has 1 atom stereocenters. The summed E-state index contributed by atoms with van der Waals surface area (Å²) in [7, 11) is 0. The Labute approximate surface area is 83.9 Å². The van der Waals surface area contributed by atoms with Crippen LogP contribution in [-0.4, -0.2) is 16.5 Å². The van der Waals surface area contributed by atoms with Crippen LogP contribution in [0, 0.1) is 11.8 Å². The number of rotatable bonds is 4. The second kappa shape index (κ2) is 3.82. The molecule has 0 saturated heterocycles. The van der Waals surface area contributed by atoms with Gasteiger partial charge >= 0.3 is 0 Å². The Morgan fingerprint density at radius 3 is 2.86 bits per heavy atom. The monoisotopic (exact) mass is 192 g/mol. The molecule has 0 bridgehead atoms. The van der Waals surface area contributed by atoms with E-state index in [2.05, 4.69) is 22.2 Å². The Kier molecular flexibility index (Phi) is 2.52. The van der Waals surface area contributed by atoms with E-state index < -0.39 is 0 Å². The molecule has 76 valence electrons. The zero-order valence-electron chi connectivity index (χ0n) is 8.40. The van der Waals surface area contributed by atoms with Gasteiger partial charge in [0.25, 0.3) is 0 Å². The van der Waals surface area contributed by atoms with Crippen molar-refractivity contribution in [1.29, 1.82) is 0 Å². The van der Waals surface area contributed by atoms with Crippen molar-refractivity contribution in [3.63, 3.8) is 0 Å². The molecule has 0 spiro atoms. The highest BCUT2D eigenvalue weighted by Crippen LogP contribution is 2.36. The third kappa shape index (κ3) is 2.34. The van der Waals surface area contributed by atoms with Crippen LogP contribution in [0.5, 0.6) is 0 Å². The molecule has 14 heavy (non-hydrogen) atoms. The van der Waals surface area contributed by atoms with Gasteiger partial charge < -0.3 is 11.1 Å². The summed E-state index contributed by atoms with van der Waals surface area (Å²) in [5.74, 6) is 2.93. The average Bonchev–Trinajstić information content (AvgIpc) is 3.00. The number of nitrogens with two attached hydrogens (primary N) is 1. The van der Waals surface area contributed by atoms with E-state index in [4.69, 9.17) is 5.73 Å². The summed E-state index contributed by atoms with van der Waals surface area (Å²) in [4.78, 5) is 8.10. The van der Waals surface area contributed by atoms with E-state index in [1.165, 1.54) is 12.8 Å². The van der Waals surface area contributed by atoms with Crippen molar-refractivity contribution in [3.8, 4) is 0 Å². The fraction of sp³-hybridized carbons (Fsp3) is 0.600. The molecule has 4 nitrogen and oxygen atoms in total. The van der Waals surface area contributed by atoms with Crippen LogP contribution >= 0.6 is 0 Å². The number of nitrogens with zero attached hydrogens (tertiary/aromatic N) is 2. The molecule has 2 rings (SSSR count). The zero-order valence-corrected chi connectivity index (χ0v) is 8.40. The Hall–Kier alpha value is -1.32. The van der Waals surface area contributed by atoms with E-state index in [0.717, 1.165) is 24.2 Å². The normalized spacial score (nSPS) is 17.8. The molecule has 0 amide bonds. The quantitative estimate of drug-likeness (QED) is 0.759. The third-order valence-electron chi connectivity index (χ3n) is 2.70. The van der Waals surface area contributed by atoms with E-state index in [1.807, 2.05) is 0 Å². The number of hydrogen-bond acceptors (Lipinski definition) is 4. The van der Waals surface area contributed by atoms with Crippen LogP contribution in [0.2, 0.25) is 0 Å². The summed E-state index contributed by atoms with van der Waals surface area (Å²) >= 11 is 0. The minimum absolute atomic E-state index is 0.464. The van der Waals surface area contributed by atoms with Crippen LogP contribution in [-0.2, 0) is 0 Å². The predicted molar refractivity (Wildman–Crippen MR) is 56.8 cm³/mol. The van der Waals surface area contributed by atoms with Crippen molar-refractivity contribution < 1.29 is 0 Å². The molecule has 1 unspecified atom stereocenters. The number of hydrogen-bond donors (Lipinski definition) is 2. The molecule has 0 aromatic carbocycles.